The van der Waals surface area contributed by atoms with Crippen LogP contribution in [0.3, 0.4) is 0 Å². The van der Waals surface area contributed by atoms with E-state index in [1.54, 1.807) is 26.0 Å². The lowest BCUT2D eigenvalue weighted by atomic mass is 10.2. The van der Waals surface area contributed by atoms with E-state index in [0.29, 0.717) is 12.2 Å². The molecule has 0 spiro atoms. The summed E-state index contributed by atoms with van der Waals surface area (Å²) in [6.07, 6.45) is 1.12. The zero-order valence-corrected chi connectivity index (χ0v) is 16.7. The molecule has 3 N–H and O–H groups in total. The number of nitrogens with one attached hydrogen (secondary N) is 1. The molecule has 8 heteroatoms. The van der Waals surface area contributed by atoms with E-state index in [2.05, 4.69) is 29.6 Å². The molecule has 0 saturated heterocycles. The van der Waals surface area contributed by atoms with Crippen LogP contribution in [0.25, 0.3) is 0 Å². The SMILES string of the molecule is CNCc1ccccc1Sc1ccc(OC)c(OC)c1.O=C(O)C=CC(=O)O. The lowest BCUT2D eigenvalue weighted by Crippen LogP contribution is -2.05. The number of carboxylic acids is 2. The molecule has 7 nitrogen and oxygen atoms in total. The summed E-state index contributed by atoms with van der Waals surface area (Å²) in [5.41, 5.74) is 1.29. The molecule has 0 fully saturated rings. The smallest absolute Gasteiger partial charge is 0.328 e. The van der Waals surface area contributed by atoms with Crippen molar-refractivity contribution >= 4 is 23.7 Å². The normalized spacial score (nSPS) is 10.1. The number of carbonyl (C=O) groups is 2. The van der Waals surface area contributed by atoms with Crippen LogP contribution in [-0.4, -0.2) is 43.4 Å². The zero-order chi connectivity index (χ0) is 20.9. The highest BCUT2D eigenvalue weighted by Gasteiger charge is 2.07. The number of ether oxygens (including phenoxy) is 2. The first-order valence-corrected chi connectivity index (χ1v) is 8.99. The standard InChI is InChI=1S/C16H19NO2S.C4H4O4/c1-17-11-12-6-4-5-7-16(12)20-13-8-9-14(18-2)15(10-13)19-3;5-3(6)1-2-4(7)8/h4-10,17H,11H2,1-3H3;1-2H,(H,5,6)(H,7,8). The molecule has 0 bridgehead atoms. The quantitative estimate of drug-likeness (QED) is 0.575. The summed E-state index contributed by atoms with van der Waals surface area (Å²) in [6.45, 7) is 0.858. The molecule has 2 rings (SSSR count). The lowest BCUT2D eigenvalue weighted by molar-refractivity contribution is -0.134. The fraction of sp³-hybridized carbons (Fsp3) is 0.200. The maximum atomic E-state index is 9.55. The molecule has 0 heterocycles. The van der Waals surface area contributed by atoms with Crippen LogP contribution in [0.5, 0.6) is 11.5 Å². The molecule has 28 heavy (non-hydrogen) atoms. The first kappa shape index (κ1) is 23.1. The highest BCUT2D eigenvalue weighted by molar-refractivity contribution is 7.99. The molecule has 0 saturated carbocycles. The molecule has 0 unspecified atom stereocenters. The number of hydrogen-bond donors (Lipinski definition) is 3. The molecule has 0 aliphatic rings. The summed E-state index contributed by atoms with van der Waals surface area (Å²) in [5.74, 6) is -1.01. The number of hydrogen-bond acceptors (Lipinski definition) is 6. The first-order valence-electron chi connectivity index (χ1n) is 8.17. The summed E-state index contributed by atoms with van der Waals surface area (Å²) >= 11 is 1.73. The Morgan fingerprint density at radius 1 is 1.00 bits per heavy atom. The van der Waals surface area contributed by atoms with Crippen LogP contribution in [0.1, 0.15) is 5.56 Å². The third-order valence-corrected chi connectivity index (χ3v) is 4.40. The minimum atomic E-state index is -1.26. The number of aliphatic carboxylic acids is 2. The van der Waals surface area contributed by atoms with E-state index in [9.17, 15) is 9.59 Å². The molecule has 0 amide bonds. The van der Waals surface area contributed by atoms with Gasteiger partial charge in [0, 0.05) is 28.5 Å². The number of methoxy groups -OCH3 is 2. The molecular weight excluding hydrogens is 382 g/mol. The van der Waals surface area contributed by atoms with E-state index in [4.69, 9.17) is 19.7 Å². The highest BCUT2D eigenvalue weighted by atomic mass is 32.2. The van der Waals surface area contributed by atoms with Gasteiger partial charge in [-0.3, -0.25) is 0 Å². The maximum absolute atomic E-state index is 9.55. The Kier molecular flexibility index (Phi) is 10.2. The second-order valence-electron chi connectivity index (χ2n) is 5.27. The third-order valence-electron chi connectivity index (χ3n) is 3.29. The highest BCUT2D eigenvalue weighted by Crippen LogP contribution is 2.36. The van der Waals surface area contributed by atoms with Gasteiger partial charge >= 0.3 is 11.9 Å². The van der Waals surface area contributed by atoms with Crippen LogP contribution >= 0.6 is 11.8 Å². The molecule has 0 atom stereocenters. The van der Waals surface area contributed by atoms with Crippen molar-refractivity contribution in [3.63, 3.8) is 0 Å². The van der Waals surface area contributed by atoms with Gasteiger partial charge in [-0.1, -0.05) is 30.0 Å². The van der Waals surface area contributed by atoms with E-state index in [1.165, 1.54) is 10.5 Å². The number of carboxylic acid groups (broad SMARTS) is 2. The van der Waals surface area contributed by atoms with Gasteiger partial charge < -0.3 is 25.0 Å². The Hall–Kier alpha value is -2.97. The Bertz CT molecular complexity index is 806. The maximum Gasteiger partial charge on any atom is 0.328 e. The second-order valence-corrected chi connectivity index (χ2v) is 6.38. The summed E-state index contributed by atoms with van der Waals surface area (Å²) in [6, 6.07) is 14.4. The fourth-order valence-electron chi connectivity index (χ4n) is 2.09. The molecular formula is C20H23NO6S. The van der Waals surface area contributed by atoms with Gasteiger partial charge in [0.05, 0.1) is 14.2 Å². The Morgan fingerprint density at radius 2 is 1.61 bits per heavy atom. The van der Waals surface area contributed by atoms with Gasteiger partial charge in [0.25, 0.3) is 0 Å². The van der Waals surface area contributed by atoms with Crippen molar-refractivity contribution in [2.75, 3.05) is 21.3 Å². The summed E-state index contributed by atoms with van der Waals surface area (Å²) < 4.78 is 10.6. The van der Waals surface area contributed by atoms with Gasteiger partial charge in [-0.15, -0.1) is 0 Å². The van der Waals surface area contributed by atoms with Crippen molar-refractivity contribution in [3.05, 3.63) is 60.2 Å². The third kappa shape index (κ3) is 8.15. The fourth-order valence-corrected chi connectivity index (χ4v) is 3.06. The lowest BCUT2D eigenvalue weighted by Gasteiger charge is -2.11. The van der Waals surface area contributed by atoms with Crippen LogP contribution < -0.4 is 14.8 Å². The molecule has 0 radical (unpaired) electrons. The van der Waals surface area contributed by atoms with Gasteiger partial charge in [-0.25, -0.2) is 9.59 Å². The van der Waals surface area contributed by atoms with Crippen LogP contribution in [0.2, 0.25) is 0 Å². The average molecular weight is 405 g/mol. The zero-order valence-electron chi connectivity index (χ0n) is 15.8. The van der Waals surface area contributed by atoms with E-state index >= 15 is 0 Å². The minimum Gasteiger partial charge on any atom is -0.493 e. The largest absolute Gasteiger partial charge is 0.493 e. The van der Waals surface area contributed by atoms with Crippen LogP contribution in [0.4, 0.5) is 0 Å². The van der Waals surface area contributed by atoms with Crippen molar-refractivity contribution in [2.24, 2.45) is 0 Å². The van der Waals surface area contributed by atoms with Crippen molar-refractivity contribution in [1.82, 2.24) is 5.32 Å². The predicted octanol–water partition coefficient (Wildman–Crippen LogP) is 3.29. The molecule has 0 aliphatic carbocycles. The topological polar surface area (TPSA) is 105 Å². The summed E-state index contributed by atoms with van der Waals surface area (Å²) in [7, 11) is 5.26. The van der Waals surface area contributed by atoms with Gasteiger partial charge in [-0.05, 0) is 36.9 Å². The molecule has 150 valence electrons. The monoisotopic (exact) mass is 405 g/mol. The van der Waals surface area contributed by atoms with Gasteiger partial charge in [0.15, 0.2) is 11.5 Å². The van der Waals surface area contributed by atoms with E-state index in [0.717, 1.165) is 22.9 Å². The Balaban J connectivity index is 0.000000416. The van der Waals surface area contributed by atoms with Crippen LogP contribution in [-0.2, 0) is 16.1 Å². The van der Waals surface area contributed by atoms with Crippen molar-refractivity contribution in [1.29, 1.82) is 0 Å². The Morgan fingerprint density at radius 3 is 2.14 bits per heavy atom. The van der Waals surface area contributed by atoms with Gasteiger partial charge in [0.1, 0.15) is 0 Å². The van der Waals surface area contributed by atoms with E-state index < -0.39 is 11.9 Å². The summed E-state index contributed by atoms with van der Waals surface area (Å²) in [4.78, 5) is 21.5. The second kappa shape index (κ2) is 12.4. The van der Waals surface area contributed by atoms with Crippen molar-refractivity contribution in [2.45, 2.75) is 16.3 Å². The minimum absolute atomic E-state index is 0.558. The number of benzene rings is 2. The number of rotatable bonds is 8. The van der Waals surface area contributed by atoms with Gasteiger partial charge in [-0.2, -0.15) is 0 Å². The van der Waals surface area contributed by atoms with E-state index in [1.807, 2.05) is 25.2 Å². The van der Waals surface area contributed by atoms with Crippen molar-refractivity contribution < 1.29 is 29.3 Å². The molecule has 2 aromatic rings. The summed E-state index contributed by atoms with van der Waals surface area (Å²) in [5, 5.41) is 18.8. The molecule has 2 aromatic carbocycles. The predicted molar refractivity (Wildman–Crippen MR) is 107 cm³/mol. The average Bonchev–Trinajstić information content (AvgIpc) is 2.68. The first-order chi connectivity index (χ1) is 13.4. The van der Waals surface area contributed by atoms with Crippen molar-refractivity contribution in [3.8, 4) is 11.5 Å². The Labute approximate surface area is 168 Å². The molecule has 0 aliphatic heterocycles. The van der Waals surface area contributed by atoms with Gasteiger partial charge in [0.2, 0.25) is 0 Å². The van der Waals surface area contributed by atoms with Crippen LogP contribution in [0, 0.1) is 0 Å². The van der Waals surface area contributed by atoms with E-state index in [-0.39, 0.29) is 0 Å². The van der Waals surface area contributed by atoms with Crippen LogP contribution in [0.15, 0.2) is 64.4 Å². The molecule has 0 aromatic heterocycles.